The number of benzene rings is 1. The summed E-state index contributed by atoms with van der Waals surface area (Å²) < 4.78 is 7.72. The van der Waals surface area contributed by atoms with E-state index < -0.39 is 0 Å². The summed E-state index contributed by atoms with van der Waals surface area (Å²) in [5.74, 6) is 1.21. The van der Waals surface area contributed by atoms with Crippen LogP contribution in [0.2, 0.25) is 0 Å². The van der Waals surface area contributed by atoms with Crippen molar-refractivity contribution in [2.75, 3.05) is 31.9 Å². The Morgan fingerprint density at radius 2 is 2.00 bits per heavy atom. The van der Waals surface area contributed by atoms with Crippen LogP contribution in [0.4, 0.5) is 5.69 Å². The fourth-order valence-corrected chi connectivity index (χ4v) is 3.20. The zero-order valence-corrected chi connectivity index (χ0v) is 14.6. The molecule has 1 fully saturated rings. The summed E-state index contributed by atoms with van der Waals surface area (Å²) in [5.41, 5.74) is 7.90. The molecule has 1 aliphatic heterocycles. The van der Waals surface area contributed by atoms with Gasteiger partial charge in [0.05, 0.1) is 11.9 Å². The molecule has 2 aromatic heterocycles. The van der Waals surface area contributed by atoms with E-state index in [4.69, 9.17) is 10.5 Å². The molecule has 7 nitrogen and oxygen atoms in total. The van der Waals surface area contributed by atoms with Crippen molar-refractivity contribution in [1.29, 1.82) is 0 Å². The van der Waals surface area contributed by atoms with E-state index in [-0.39, 0.29) is 5.91 Å². The largest absolute Gasteiger partial charge is 0.439 e. The highest BCUT2D eigenvalue weighted by atomic mass is 16.5. The molecule has 3 heterocycles. The Morgan fingerprint density at radius 3 is 2.73 bits per heavy atom. The third-order valence-corrected chi connectivity index (χ3v) is 4.62. The minimum absolute atomic E-state index is 0.0628. The monoisotopic (exact) mass is 351 g/mol. The fourth-order valence-electron chi connectivity index (χ4n) is 3.20. The van der Waals surface area contributed by atoms with Crippen LogP contribution in [0.3, 0.4) is 0 Å². The van der Waals surface area contributed by atoms with E-state index >= 15 is 0 Å². The average molecular weight is 351 g/mol. The Hall–Kier alpha value is -3.06. The number of amides is 1. The summed E-state index contributed by atoms with van der Waals surface area (Å²) >= 11 is 0. The maximum atomic E-state index is 12.8. The van der Waals surface area contributed by atoms with Gasteiger partial charge in [0.25, 0.3) is 5.91 Å². The van der Waals surface area contributed by atoms with Crippen molar-refractivity contribution < 1.29 is 9.53 Å². The van der Waals surface area contributed by atoms with Crippen LogP contribution < -0.4 is 15.8 Å². The van der Waals surface area contributed by atoms with E-state index in [9.17, 15) is 4.79 Å². The molecule has 0 radical (unpaired) electrons. The van der Waals surface area contributed by atoms with Gasteiger partial charge in [-0.2, -0.15) is 0 Å². The normalized spacial score (nSPS) is 14.6. The molecule has 3 N–H and O–H groups in total. The quantitative estimate of drug-likeness (QED) is 0.754. The molecule has 0 spiro atoms. The van der Waals surface area contributed by atoms with Crippen molar-refractivity contribution in [2.45, 2.75) is 0 Å². The second kappa shape index (κ2) is 6.68. The summed E-state index contributed by atoms with van der Waals surface area (Å²) in [5, 5.41) is 4.22. The lowest BCUT2D eigenvalue weighted by Gasteiger charge is -2.27. The van der Waals surface area contributed by atoms with E-state index in [2.05, 4.69) is 10.3 Å². The standard InChI is InChI=1S/C19H21N5O2/c1-23-16-4-3-15(26-18-5-2-14(20)12-22-18)10-13(16)11-17(23)19(25)24-8-6-21-7-9-24/h2-5,10-12,21H,6-9,20H2,1H3. The number of nitrogens with one attached hydrogen (secondary N) is 1. The van der Waals surface area contributed by atoms with Crippen molar-refractivity contribution in [3.63, 3.8) is 0 Å². The first-order valence-electron chi connectivity index (χ1n) is 8.61. The molecule has 0 aliphatic carbocycles. The molecule has 1 saturated heterocycles. The first kappa shape index (κ1) is 16.4. The highest BCUT2D eigenvalue weighted by Crippen LogP contribution is 2.27. The number of aromatic nitrogens is 2. The van der Waals surface area contributed by atoms with Crippen molar-refractivity contribution in [3.8, 4) is 11.6 Å². The van der Waals surface area contributed by atoms with Crippen molar-refractivity contribution in [1.82, 2.24) is 19.8 Å². The van der Waals surface area contributed by atoms with Crippen LogP contribution in [0.25, 0.3) is 10.9 Å². The molecule has 134 valence electrons. The van der Waals surface area contributed by atoms with Gasteiger partial charge in [-0.05, 0) is 30.3 Å². The first-order chi connectivity index (χ1) is 12.6. The average Bonchev–Trinajstić information content (AvgIpc) is 3.00. The maximum absolute atomic E-state index is 12.8. The molecular formula is C19H21N5O2. The Balaban J connectivity index is 1.62. The molecule has 0 bridgehead atoms. The molecule has 3 aromatic rings. The van der Waals surface area contributed by atoms with Gasteiger partial charge in [-0.1, -0.05) is 0 Å². The van der Waals surface area contributed by atoms with E-state index in [1.165, 1.54) is 0 Å². The number of carbonyl (C=O) groups excluding carboxylic acids is 1. The van der Waals surface area contributed by atoms with Gasteiger partial charge in [-0.15, -0.1) is 0 Å². The fraction of sp³-hybridized carbons (Fsp3) is 0.263. The third kappa shape index (κ3) is 3.09. The topological polar surface area (TPSA) is 85.4 Å². The van der Waals surface area contributed by atoms with Crippen molar-refractivity contribution in [3.05, 3.63) is 48.3 Å². The Kier molecular flexibility index (Phi) is 4.22. The summed E-state index contributed by atoms with van der Waals surface area (Å²) in [6, 6.07) is 11.1. The predicted molar refractivity (Wildman–Crippen MR) is 100 cm³/mol. The minimum Gasteiger partial charge on any atom is -0.439 e. The predicted octanol–water partition coefficient (Wildman–Crippen LogP) is 1.99. The van der Waals surface area contributed by atoms with Gasteiger partial charge in [0.15, 0.2) is 0 Å². The number of hydrogen-bond acceptors (Lipinski definition) is 5. The number of carbonyl (C=O) groups is 1. The van der Waals surface area contributed by atoms with Gasteiger partial charge < -0.3 is 25.3 Å². The Morgan fingerprint density at radius 1 is 1.19 bits per heavy atom. The minimum atomic E-state index is 0.0628. The molecule has 4 rings (SSSR count). The van der Waals surface area contributed by atoms with Crippen LogP contribution in [0.1, 0.15) is 10.5 Å². The van der Waals surface area contributed by atoms with Gasteiger partial charge in [-0.25, -0.2) is 4.98 Å². The van der Waals surface area contributed by atoms with Crippen LogP contribution in [0.15, 0.2) is 42.6 Å². The van der Waals surface area contributed by atoms with E-state index in [0.29, 0.717) is 23.0 Å². The number of hydrogen-bond donors (Lipinski definition) is 2. The van der Waals surface area contributed by atoms with Gasteiger partial charge in [0, 0.05) is 50.2 Å². The maximum Gasteiger partial charge on any atom is 0.270 e. The second-order valence-corrected chi connectivity index (χ2v) is 6.38. The second-order valence-electron chi connectivity index (χ2n) is 6.38. The highest BCUT2D eigenvalue weighted by molar-refractivity contribution is 5.99. The van der Waals surface area contributed by atoms with Crippen LogP contribution in [-0.2, 0) is 7.05 Å². The Bertz CT molecular complexity index is 942. The van der Waals surface area contributed by atoms with Crippen LogP contribution >= 0.6 is 0 Å². The first-order valence-corrected chi connectivity index (χ1v) is 8.61. The number of aryl methyl sites for hydroxylation is 1. The number of rotatable bonds is 3. The lowest BCUT2D eigenvalue weighted by molar-refractivity contribution is 0.0726. The van der Waals surface area contributed by atoms with E-state index in [1.54, 1.807) is 18.3 Å². The number of anilines is 1. The van der Waals surface area contributed by atoms with Crippen molar-refractivity contribution in [2.24, 2.45) is 7.05 Å². The summed E-state index contributed by atoms with van der Waals surface area (Å²) in [4.78, 5) is 18.9. The molecule has 1 aromatic carbocycles. The SMILES string of the molecule is Cn1c(C(=O)N2CCNCC2)cc2cc(Oc3ccc(N)cn3)ccc21. The zero-order chi connectivity index (χ0) is 18.1. The molecule has 1 aliphatic rings. The van der Waals surface area contributed by atoms with Gasteiger partial charge in [-0.3, -0.25) is 4.79 Å². The number of pyridine rings is 1. The molecule has 0 atom stereocenters. The summed E-state index contributed by atoms with van der Waals surface area (Å²) in [6.07, 6.45) is 1.56. The molecule has 26 heavy (non-hydrogen) atoms. The van der Waals surface area contributed by atoms with Gasteiger partial charge in [0.2, 0.25) is 5.88 Å². The van der Waals surface area contributed by atoms with Crippen LogP contribution in [0.5, 0.6) is 11.6 Å². The molecule has 1 amide bonds. The molecule has 0 unspecified atom stereocenters. The number of nitrogen functional groups attached to an aromatic ring is 1. The summed E-state index contributed by atoms with van der Waals surface area (Å²) in [7, 11) is 1.92. The van der Waals surface area contributed by atoms with Gasteiger partial charge in [0.1, 0.15) is 11.4 Å². The van der Waals surface area contributed by atoms with Crippen molar-refractivity contribution >= 4 is 22.5 Å². The number of nitrogens with zero attached hydrogens (tertiary/aromatic N) is 3. The van der Waals surface area contributed by atoms with E-state index in [0.717, 1.165) is 37.1 Å². The molecular weight excluding hydrogens is 330 g/mol. The summed E-state index contributed by atoms with van der Waals surface area (Å²) in [6.45, 7) is 3.14. The lowest BCUT2D eigenvalue weighted by atomic mass is 10.2. The molecule has 0 saturated carbocycles. The van der Waals surface area contributed by atoms with Crippen LogP contribution in [0, 0.1) is 0 Å². The number of nitrogens with two attached hydrogens (primary N) is 1. The third-order valence-electron chi connectivity index (χ3n) is 4.62. The smallest absolute Gasteiger partial charge is 0.270 e. The number of fused-ring (bicyclic) bond motifs is 1. The Labute approximate surface area is 151 Å². The van der Waals surface area contributed by atoms with Gasteiger partial charge >= 0.3 is 0 Å². The van der Waals surface area contributed by atoms with Crippen LogP contribution in [-0.4, -0.2) is 46.5 Å². The zero-order valence-electron chi connectivity index (χ0n) is 14.6. The molecule has 7 heteroatoms. The number of ether oxygens (including phenoxy) is 1. The highest BCUT2D eigenvalue weighted by Gasteiger charge is 2.21. The lowest BCUT2D eigenvalue weighted by Crippen LogP contribution is -2.46. The number of piperazine rings is 1. The van der Waals surface area contributed by atoms with E-state index in [1.807, 2.05) is 40.8 Å².